The van der Waals surface area contributed by atoms with E-state index < -0.39 is 23.9 Å². The van der Waals surface area contributed by atoms with Gasteiger partial charge < -0.3 is 21.7 Å². The first kappa shape index (κ1) is 30.7. The first-order valence-corrected chi connectivity index (χ1v) is 11.7. The predicted molar refractivity (Wildman–Crippen MR) is 121 cm³/mol. The SMILES string of the molecule is CCCCCCCCCCCCCCCCCC(=O)OC(=O)CC[C@H](N)C(=O)O.N. The van der Waals surface area contributed by atoms with Crippen molar-refractivity contribution in [2.24, 2.45) is 5.73 Å². The van der Waals surface area contributed by atoms with Crippen LogP contribution in [-0.4, -0.2) is 29.1 Å². The van der Waals surface area contributed by atoms with E-state index in [0.29, 0.717) is 0 Å². The zero-order valence-electron chi connectivity index (χ0n) is 19.2. The molecule has 0 aliphatic carbocycles. The van der Waals surface area contributed by atoms with Crippen molar-refractivity contribution in [2.75, 3.05) is 0 Å². The first-order valence-electron chi connectivity index (χ1n) is 11.7. The summed E-state index contributed by atoms with van der Waals surface area (Å²) in [6, 6.07) is -1.10. The van der Waals surface area contributed by atoms with Gasteiger partial charge in [-0.25, -0.2) is 0 Å². The molecule has 178 valence electrons. The van der Waals surface area contributed by atoms with E-state index in [0.717, 1.165) is 19.3 Å². The van der Waals surface area contributed by atoms with E-state index in [2.05, 4.69) is 11.7 Å². The fourth-order valence-electron chi connectivity index (χ4n) is 3.27. The molecule has 0 aromatic carbocycles. The first-order chi connectivity index (χ1) is 14.0. The molecule has 0 aromatic rings. The largest absolute Gasteiger partial charge is 0.480 e. The highest BCUT2D eigenvalue weighted by Crippen LogP contribution is 2.14. The molecule has 0 rings (SSSR count). The normalized spacial score (nSPS) is 11.5. The van der Waals surface area contributed by atoms with Gasteiger partial charge in [0.2, 0.25) is 0 Å². The van der Waals surface area contributed by atoms with E-state index in [1.807, 2.05) is 0 Å². The third-order valence-corrected chi connectivity index (χ3v) is 5.19. The number of nitrogens with two attached hydrogens (primary N) is 1. The fourth-order valence-corrected chi connectivity index (χ4v) is 3.27. The Balaban J connectivity index is 0. The lowest BCUT2D eigenvalue weighted by molar-refractivity contribution is -0.159. The molecular weight excluding hydrogens is 384 g/mol. The quantitative estimate of drug-likeness (QED) is 0.128. The van der Waals surface area contributed by atoms with Crippen LogP contribution in [0.15, 0.2) is 0 Å². The van der Waals surface area contributed by atoms with Gasteiger partial charge in [0.15, 0.2) is 0 Å². The van der Waals surface area contributed by atoms with E-state index in [1.54, 1.807) is 0 Å². The highest BCUT2D eigenvalue weighted by atomic mass is 16.6. The molecule has 7 nitrogen and oxygen atoms in total. The van der Waals surface area contributed by atoms with Crippen LogP contribution in [0.25, 0.3) is 0 Å². The summed E-state index contributed by atoms with van der Waals surface area (Å²) in [5.74, 6) is -2.40. The minimum Gasteiger partial charge on any atom is -0.480 e. The maximum atomic E-state index is 11.6. The predicted octanol–water partition coefficient (Wildman–Crippen LogP) is 5.67. The van der Waals surface area contributed by atoms with Crippen LogP contribution >= 0.6 is 0 Å². The Hall–Kier alpha value is -1.47. The minimum atomic E-state index is -1.16. The monoisotopic (exact) mass is 430 g/mol. The van der Waals surface area contributed by atoms with Gasteiger partial charge in [-0.15, -0.1) is 0 Å². The van der Waals surface area contributed by atoms with Crippen LogP contribution in [0.4, 0.5) is 0 Å². The van der Waals surface area contributed by atoms with E-state index >= 15 is 0 Å². The number of hydrogen-bond donors (Lipinski definition) is 3. The maximum absolute atomic E-state index is 11.6. The Morgan fingerprint density at radius 3 is 1.47 bits per heavy atom. The standard InChI is InChI=1S/C23H43NO5.H3N/c1-2-3-4-5-6-7-8-9-10-11-12-13-14-15-16-17-21(25)29-22(26)19-18-20(24)23(27)28;/h20H,2-19,24H2,1H3,(H,27,28);1H3/t20-;/m0./s1. The second-order valence-corrected chi connectivity index (χ2v) is 8.03. The minimum absolute atomic E-state index is 0. The Bertz CT molecular complexity index is 443. The molecule has 0 saturated heterocycles. The number of carbonyl (C=O) groups excluding carboxylic acids is 2. The van der Waals surface area contributed by atoms with Gasteiger partial charge in [-0.2, -0.15) is 0 Å². The summed E-state index contributed by atoms with van der Waals surface area (Å²) in [7, 11) is 0. The number of carbonyl (C=O) groups is 3. The Labute approximate surface area is 183 Å². The molecule has 0 aliphatic rings. The van der Waals surface area contributed by atoms with E-state index in [1.165, 1.54) is 77.0 Å². The topological polar surface area (TPSA) is 142 Å². The number of rotatable bonds is 20. The molecule has 0 fully saturated rings. The summed E-state index contributed by atoms with van der Waals surface area (Å²) in [5, 5.41) is 8.63. The van der Waals surface area contributed by atoms with Crippen molar-refractivity contribution in [3.8, 4) is 0 Å². The summed E-state index contributed by atoms with van der Waals surface area (Å²) < 4.78 is 4.67. The van der Waals surface area contributed by atoms with E-state index in [4.69, 9.17) is 10.8 Å². The summed E-state index contributed by atoms with van der Waals surface area (Å²) >= 11 is 0. The van der Waals surface area contributed by atoms with Crippen LogP contribution in [0.5, 0.6) is 0 Å². The number of unbranched alkanes of at least 4 members (excludes halogenated alkanes) is 14. The highest BCUT2D eigenvalue weighted by molar-refractivity contribution is 5.85. The number of aliphatic carboxylic acids is 1. The average molecular weight is 431 g/mol. The van der Waals surface area contributed by atoms with Gasteiger partial charge in [-0.1, -0.05) is 96.8 Å². The lowest BCUT2D eigenvalue weighted by Gasteiger charge is -2.06. The molecule has 6 N–H and O–H groups in total. The third kappa shape index (κ3) is 21.2. The molecule has 0 aromatic heterocycles. The summed E-state index contributed by atoms with van der Waals surface area (Å²) in [4.78, 5) is 33.6. The van der Waals surface area contributed by atoms with Crippen LogP contribution < -0.4 is 11.9 Å². The van der Waals surface area contributed by atoms with Gasteiger partial charge >= 0.3 is 17.9 Å². The molecule has 30 heavy (non-hydrogen) atoms. The Morgan fingerprint density at radius 1 is 0.700 bits per heavy atom. The number of carboxylic acid groups (broad SMARTS) is 1. The third-order valence-electron chi connectivity index (χ3n) is 5.19. The van der Waals surface area contributed by atoms with Gasteiger partial charge in [0.1, 0.15) is 6.04 Å². The lowest BCUT2D eigenvalue weighted by atomic mass is 10.0. The maximum Gasteiger partial charge on any atom is 0.320 e. The van der Waals surface area contributed by atoms with Gasteiger partial charge in [-0.3, -0.25) is 14.4 Å². The zero-order valence-corrected chi connectivity index (χ0v) is 19.2. The molecular formula is C23H46N2O5. The van der Waals surface area contributed by atoms with Crippen molar-refractivity contribution in [1.29, 1.82) is 0 Å². The van der Waals surface area contributed by atoms with Crippen molar-refractivity contribution in [3.63, 3.8) is 0 Å². The smallest absolute Gasteiger partial charge is 0.320 e. The lowest BCUT2D eigenvalue weighted by Crippen LogP contribution is -2.30. The van der Waals surface area contributed by atoms with Crippen molar-refractivity contribution in [3.05, 3.63) is 0 Å². The molecule has 1 atom stereocenters. The molecule has 0 saturated carbocycles. The van der Waals surface area contributed by atoms with Crippen LogP contribution in [0, 0.1) is 0 Å². The molecule has 0 heterocycles. The fraction of sp³-hybridized carbons (Fsp3) is 0.870. The summed E-state index contributed by atoms with van der Waals surface area (Å²) in [5.41, 5.74) is 5.30. The highest BCUT2D eigenvalue weighted by Gasteiger charge is 2.16. The molecule has 0 bridgehead atoms. The van der Waals surface area contributed by atoms with Gasteiger partial charge in [0, 0.05) is 12.8 Å². The van der Waals surface area contributed by atoms with Gasteiger partial charge in [0.05, 0.1) is 0 Å². The number of hydrogen-bond acceptors (Lipinski definition) is 6. The van der Waals surface area contributed by atoms with Crippen molar-refractivity contribution in [1.82, 2.24) is 6.15 Å². The van der Waals surface area contributed by atoms with E-state index in [9.17, 15) is 14.4 Å². The molecule has 0 spiro atoms. The average Bonchev–Trinajstić information content (AvgIpc) is 2.68. The molecule has 0 amide bonds. The second-order valence-electron chi connectivity index (χ2n) is 8.03. The zero-order chi connectivity index (χ0) is 21.7. The molecule has 0 unspecified atom stereocenters. The summed E-state index contributed by atoms with van der Waals surface area (Å²) in [6.45, 7) is 2.25. The number of ether oxygens (including phenoxy) is 1. The Morgan fingerprint density at radius 2 is 1.07 bits per heavy atom. The van der Waals surface area contributed by atoms with Crippen LogP contribution in [0.3, 0.4) is 0 Å². The number of esters is 2. The van der Waals surface area contributed by atoms with Gasteiger partial charge in [-0.05, 0) is 12.8 Å². The molecule has 7 heteroatoms. The van der Waals surface area contributed by atoms with Crippen LogP contribution in [-0.2, 0) is 19.1 Å². The molecule has 0 aliphatic heterocycles. The van der Waals surface area contributed by atoms with Crippen LogP contribution in [0.2, 0.25) is 0 Å². The van der Waals surface area contributed by atoms with Crippen molar-refractivity contribution < 1.29 is 24.2 Å². The van der Waals surface area contributed by atoms with Crippen molar-refractivity contribution >= 4 is 17.9 Å². The summed E-state index contributed by atoms with van der Waals surface area (Å²) in [6.07, 6.45) is 18.9. The van der Waals surface area contributed by atoms with Crippen LogP contribution in [0.1, 0.15) is 122 Å². The van der Waals surface area contributed by atoms with E-state index in [-0.39, 0.29) is 25.4 Å². The van der Waals surface area contributed by atoms with Gasteiger partial charge in [0.25, 0.3) is 0 Å². The second kappa shape index (κ2) is 22.2. The number of carboxylic acids is 1. The molecule has 0 radical (unpaired) electrons. The van der Waals surface area contributed by atoms with Crippen molar-refractivity contribution in [2.45, 2.75) is 129 Å². The Kier molecular flexibility index (Phi) is 22.8.